The van der Waals surface area contributed by atoms with Gasteiger partial charge in [-0.25, -0.2) is 0 Å². The molecule has 0 unspecified atom stereocenters. The van der Waals surface area contributed by atoms with Gasteiger partial charge in [0.25, 0.3) is 0 Å². The third kappa shape index (κ3) is 9.70. The number of hydrogen-bond donors (Lipinski definition) is 2. The van der Waals surface area contributed by atoms with Crippen LogP contribution in [0.15, 0.2) is 48.5 Å². The van der Waals surface area contributed by atoms with Gasteiger partial charge in [-0.05, 0) is 58.6 Å². The number of hydrogen-bond acceptors (Lipinski definition) is 12. The number of ether oxygens (including phenoxy) is 2. The molecule has 2 aliphatic rings. The Labute approximate surface area is 312 Å². The zero-order valence-corrected chi connectivity index (χ0v) is 30.1. The van der Waals surface area contributed by atoms with Crippen LogP contribution in [0.5, 0.6) is 0 Å². The Bertz CT molecular complexity index is 1440. The van der Waals surface area contributed by atoms with Crippen LogP contribution in [-0.4, -0.2) is 82.5 Å². The quantitative estimate of drug-likeness (QED) is 0.177. The van der Waals surface area contributed by atoms with Crippen molar-refractivity contribution in [3.8, 4) is 0 Å². The summed E-state index contributed by atoms with van der Waals surface area (Å²) in [6, 6.07) is 15.9. The van der Waals surface area contributed by atoms with Crippen LogP contribution in [-0.2, 0) is 9.47 Å². The second-order valence-electron chi connectivity index (χ2n) is 9.48. The largest absolute Gasteiger partial charge is 1.00 e. The molecule has 0 radical (unpaired) electrons. The van der Waals surface area contributed by atoms with E-state index in [0.717, 1.165) is 22.5 Å². The molecular formula is C28H30Cl2N10Na2O2. The van der Waals surface area contributed by atoms with Gasteiger partial charge in [0.2, 0.25) is 34.4 Å². The van der Waals surface area contributed by atoms with E-state index in [9.17, 15) is 0 Å². The van der Waals surface area contributed by atoms with E-state index in [0.29, 0.717) is 76.4 Å². The van der Waals surface area contributed by atoms with Crippen molar-refractivity contribution >= 4 is 70.5 Å². The van der Waals surface area contributed by atoms with Gasteiger partial charge in [-0.2, -0.15) is 29.9 Å². The molecule has 220 valence electrons. The van der Waals surface area contributed by atoms with E-state index in [1.54, 1.807) is 0 Å². The molecule has 0 bridgehead atoms. The summed E-state index contributed by atoms with van der Waals surface area (Å²) in [5.41, 5.74) is 3.77. The van der Waals surface area contributed by atoms with Crippen LogP contribution in [0.4, 0.5) is 35.2 Å². The smallest absolute Gasteiger partial charge is 1.00 e. The third-order valence-corrected chi connectivity index (χ3v) is 6.92. The van der Waals surface area contributed by atoms with E-state index in [1.165, 1.54) is 0 Å². The molecule has 2 aliphatic heterocycles. The summed E-state index contributed by atoms with van der Waals surface area (Å²) in [7, 11) is 0. The number of rotatable bonds is 8. The van der Waals surface area contributed by atoms with Crippen molar-refractivity contribution in [1.82, 2.24) is 29.9 Å². The molecule has 4 heterocycles. The van der Waals surface area contributed by atoms with Crippen molar-refractivity contribution in [2.45, 2.75) is 0 Å². The van der Waals surface area contributed by atoms with Gasteiger partial charge in [0, 0.05) is 37.6 Å². The first-order valence-corrected chi connectivity index (χ1v) is 14.2. The maximum absolute atomic E-state index is 6.16. The molecule has 0 saturated carbocycles. The van der Waals surface area contributed by atoms with Gasteiger partial charge in [-0.15, -0.1) is 0 Å². The van der Waals surface area contributed by atoms with Crippen LogP contribution >= 0.6 is 23.2 Å². The number of benzene rings is 2. The van der Waals surface area contributed by atoms with Crippen LogP contribution < -0.4 is 79.5 Å². The minimum atomic E-state index is 0. The minimum absolute atomic E-state index is 0. The van der Waals surface area contributed by atoms with Crippen molar-refractivity contribution < 1.29 is 71.4 Å². The predicted molar refractivity (Wildman–Crippen MR) is 166 cm³/mol. The summed E-state index contributed by atoms with van der Waals surface area (Å²) in [6.07, 6.45) is 4.09. The monoisotopic (exact) mass is 654 g/mol. The summed E-state index contributed by atoms with van der Waals surface area (Å²) >= 11 is 12.3. The Kier molecular flexibility index (Phi) is 13.4. The van der Waals surface area contributed by atoms with Gasteiger partial charge in [-0.1, -0.05) is 36.4 Å². The molecule has 0 atom stereocenters. The van der Waals surface area contributed by atoms with Crippen LogP contribution in [0, 0.1) is 0 Å². The van der Waals surface area contributed by atoms with Gasteiger partial charge < -0.3 is 32.8 Å². The fourth-order valence-electron chi connectivity index (χ4n) is 4.41. The van der Waals surface area contributed by atoms with Gasteiger partial charge >= 0.3 is 59.1 Å². The third-order valence-electron chi connectivity index (χ3n) is 6.58. The Morgan fingerprint density at radius 2 is 0.932 bits per heavy atom. The van der Waals surface area contributed by atoms with E-state index in [1.807, 2.05) is 70.5 Å². The Morgan fingerprint density at radius 3 is 1.30 bits per heavy atom. The summed E-state index contributed by atoms with van der Waals surface area (Å²) < 4.78 is 10.8. The summed E-state index contributed by atoms with van der Waals surface area (Å²) in [5.74, 6) is 1.86. The molecule has 16 heteroatoms. The van der Waals surface area contributed by atoms with Crippen LogP contribution in [0.25, 0.3) is 12.2 Å². The summed E-state index contributed by atoms with van der Waals surface area (Å²) in [4.78, 5) is 30.1. The number of nitrogens with one attached hydrogen (secondary N) is 2. The molecule has 4 aromatic rings. The number of morpholine rings is 2. The van der Waals surface area contributed by atoms with E-state index in [-0.39, 0.29) is 72.5 Å². The number of anilines is 6. The molecule has 12 nitrogen and oxygen atoms in total. The SMILES string of the molecule is Clc1nc(Nc2ccc(C=Cc3ccc(Nc4nc(Cl)nc(N5CCOCC5)n4)cc3)cc2)nc(N2CCOCC2)n1.[H-].[H-].[Na+].[Na+]. The van der Waals surface area contributed by atoms with Gasteiger partial charge in [-0.3, -0.25) is 0 Å². The van der Waals surface area contributed by atoms with Gasteiger partial charge in [0.1, 0.15) is 0 Å². The van der Waals surface area contributed by atoms with Crippen LogP contribution in [0.3, 0.4) is 0 Å². The topological polar surface area (TPSA) is 126 Å². The van der Waals surface area contributed by atoms with Gasteiger partial charge in [0.05, 0.1) is 26.4 Å². The second-order valence-corrected chi connectivity index (χ2v) is 10.2. The first-order chi connectivity index (χ1) is 20.6. The maximum atomic E-state index is 6.16. The van der Waals surface area contributed by atoms with Crippen molar-refractivity contribution in [3.05, 3.63) is 70.2 Å². The summed E-state index contributed by atoms with van der Waals surface area (Å²) in [6.45, 7) is 5.38. The van der Waals surface area contributed by atoms with Crippen LogP contribution in [0.2, 0.25) is 10.6 Å². The van der Waals surface area contributed by atoms with Gasteiger partial charge in [0.15, 0.2) is 0 Å². The predicted octanol–water partition coefficient (Wildman–Crippen LogP) is -1.07. The normalized spacial score (nSPS) is 15.0. The van der Waals surface area contributed by atoms with Crippen molar-refractivity contribution in [3.63, 3.8) is 0 Å². The summed E-state index contributed by atoms with van der Waals surface area (Å²) in [5, 5.41) is 6.71. The molecule has 0 spiro atoms. The first-order valence-electron chi connectivity index (χ1n) is 13.5. The Morgan fingerprint density at radius 1 is 0.568 bits per heavy atom. The van der Waals surface area contributed by atoms with E-state index >= 15 is 0 Å². The number of halogens is 2. The van der Waals surface area contributed by atoms with Crippen LogP contribution in [0.1, 0.15) is 14.0 Å². The molecule has 0 aliphatic carbocycles. The average Bonchev–Trinajstić information content (AvgIpc) is 3.02. The number of aromatic nitrogens is 6. The molecule has 2 aromatic heterocycles. The first kappa shape index (κ1) is 34.8. The molecule has 2 fully saturated rings. The van der Waals surface area contributed by atoms with Crippen molar-refractivity contribution in [2.75, 3.05) is 73.0 Å². The Hall–Kier alpha value is -2.10. The Balaban J connectivity index is 0.00000184. The fourth-order valence-corrected chi connectivity index (χ4v) is 4.72. The standard InChI is InChI=1S/C28H28Cl2N10O2.2Na.2H/c29-23-33-25(37-27(35-23)39-11-15-41-16-12-39)31-21-7-3-19(4-8-21)1-2-20-5-9-22(10-6-20)32-26-34-24(30)36-28(38-26)40-13-17-42-18-14-40;;;;/h1-10H,11-18H2,(H,31,33,35,37)(H,32,34,36,38);;;;/q;2*+1;2*-1. The maximum Gasteiger partial charge on any atom is 1.00 e. The molecule has 2 N–H and O–H groups in total. The zero-order valence-electron chi connectivity index (χ0n) is 26.6. The second kappa shape index (κ2) is 17.0. The molecule has 44 heavy (non-hydrogen) atoms. The molecule has 6 rings (SSSR count). The molecule has 0 amide bonds. The molecule has 2 aromatic carbocycles. The minimum Gasteiger partial charge on any atom is -1.00 e. The van der Waals surface area contributed by atoms with E-state index in [2.05, 4.69) is 40.5 Å². The molecule has 2 saturated heterocycles. The molecular weight excluding hydrogens is 625 g/mol. The average molecular weight is 656 g/mol. The zero-order chi connectivity index (χ0) is 28.7. The van der Waals surface area contributed by atoms with Crippen molar-refractivity contribution in [1.29, 1.82) is 0 Å². The number of nitrogens with zero attached hydrogens (tertiary/aromatic N) is 8. The fraction of sp³-hybridized carbons (Fsp3) is 0.286. The van der Waals surface area contributed by atoms with E-state index in [4.69, 9.17) is 32.7 Å². The van der Waals surface area contributed by atoms with Crippen molar-refractivity contribution in [2.24, 2.45) is 0 Å². The van der Waals surface area contributed by atoms with E-state index < -0.39 is 0 Å².